The zero-order valence-corrected chi connectivity index (χ0v) is 15.8. The highest BCUT2D eigenvalue weighted by molar-refractivity contribution is 5.96. The first-order valence-electron chi connectivity index (χ1n) is 9.40. The van der Waals surface area contributed by atoms with Crippen LogP contribution in [-0.4, -0.2) is 36.4 Å². The van der Waals surface area contributed by atoms with Crippen molar-refractivity contribution in [3.63, 3.8) is 0 Å². The third-order valence-corrected chi connectivity index (χ3v) is 4.03. The van der Waals surface area contributed by atoms with Crippen molar-refractivity contribution in [2.45, 2.75) is 65.3 Å². The quantitative estimate of drug-likeness (QED) is 0.390. The molecule has 5 heteroatoms. The summed E-state index contributed by atoms with van der Waals surface area (Å²) in [5, 5.41) is 15.2. The molecule has 3 N–H and O–H groups in total. The molecule has 5 nitrogen and oxygen atoms in total. The second kappa shape index (κ2) is 12.5. The lowest BCUT2D eigenvalue weighted by atomic mass is 10.1. The standard InChI is InChI=1S/C20H33N3O2/c1-4-6-7-8-9-10-13-22-18-12-11-17(14-19(18)21-5-2)20(25)23-16(3)15-24/h5,11-12,14,16,22,24H,4,6-10,13,15H2,1-3H3,(H,23,25). The molecular weight excluding hydrogens is 314 g/mol. The monoisotopic (exact) mass is 347 g/mol. The van der Waals surface area contributed by atoms with Crippen molar-refractivity contribution >= 4 is 23.5 Å². The maximum Gasteiger partial charge on any atom is 0.251 e. The summed E-state index contributed by atoms with van der Waals surface area (Å²) < 4.78 is 0. The van der Waals surface area contributed by atoms with Gasteiger partial charge in [0.05, 0.1) is 18.0 Å². The number of nitrogens with one attached hydrogen (secondary N) is 2. The van der Waals surface area contributed by atoms with Gasteiger partial charge in [-0.15, -0.1) is 0 Å². The Bertz CT molecular complexity index is 544. The number of aliphatic imine (C=N–C) groups is 1. The van der Waals surface area contributed by atoms with Gasteiger partial charge >= 0.3 is 0 Å². The Labute approximate surface area is 151 Å². The first kappa shape index (κ1) is 21.2. The van der Waals surface area contributed by atoms with Crippen molar-refractivity contribution in [1.82, 2.24) is 5.32 Å². The Balaban J connectivity index is 2.60. The zero-order valence-electron chi connectivity index (χ0n) is 15.8. The molecule has 0 radical (unpaired) electrons. The van der Waals surface area contributed by atoms with Crippen LogP contribution in [0.5, 0.6) is 0 Å². The van der Waals surface area contributed by atoms with Crippen LogP contribution >= 0.6 is 0 Å². The molecular formula is C20H33N3O2. The largest absolute Gasteiger partial charge is 0.394 e. The van der Waals surface area contributed by atoms with Gasteiger partial charge in [0.15, 0.2) is 0 Å². The molecule has 0 fully saturated rings. The number of benzene rings is 1. The number of aliphatic hydroxyl groups is 1. The van der Waals surface area contributed by atoms with Gasteiger partial charge in [-0.2, -0.15) is 0 Å². The molecule has 0 spiro atoms. The zero-order chi connectivity index (χ0) is 18.5. The summed E-state index contributed by atoms with van der Waals surface area (Å²) in [4.78, 5) is 16.5. The van der Waals surface area contributed by atoms with Gasteiger partial charge in [-0.3, -0.25) is 9.79 Å². The Kier molecular flexibility index (Phi) is 10.6. The number of hydrogen-bond donors (Lipinski definition) is 3. The van der Waals surface area contributed by atoms with E-state index in [0.29, 0.717) is 5.56 Å². The van der Waals surface area contributed by atoms with Gasteiger partial charge in [0, 0.05) is 24.4 Å². The van der Waals surface area contributed by atoms with Gasteiger partial charge in [0.25, 0.3) is 5.91 Å². The number of nitrogens with zero attached hydrogens (tertiary/aromatic N) is 1. The van der Waals surface area contributed by atoms with Crippen LogP contribution in [0, 0.1) is 0 Å². The number of anilines is 1. The number of carbonyl (C=O) groups is 1. The lowest BCUT2D eigenvalue weighted by Gasteiger charge is -2.13. The van der Waals surface area contributed by atoms with Gasteiger partial charge in [0.1, 0.15) is 0 Å². The lowest BCUT2D eigenvalue weighted by Crippen LogP contribution is -2.34. The van der Waals surface area contributed by atoms with Crippen molar-refractivity contribution in [2.24, 2.45) is 4.99 Å². The molecule has 1 rings (SSSR count). The van der Waals surface area contributed by atoms with Crippen LogP contribution in [0.4, 0.5) is 11.4 Å². The van der Waals surface area contributed by atoms with Crippen molar-refractivity contribution in [3.05, 3.63) is 23.8 Å². The third kappa shape index (κ3) is 8.16. The van der Waals surface area contributed by atoms with Crippen LogP contribution in [0.1, 0.15) is 69.7 Å². The second-order valence-corrected chi connectivity index (χ2v) is 6.37. The Morgan fingerprint density at radius 2 is 1.96 bits per heavy atom. The van der Waals surface area contributed by atoms with Gasteiger partial charge in [-0.25, -0.2) is 0 Å². The summed E-state index contributed by atoms with van der Waals surface area (Å²) in [6, 6.07) is 5.20. The third-order valence-electron chi connectivity index (χ3n) is 4.03. The fourth-order valence-electron chi connectivity index (χ4n) is 2.55. The molecule has 1 aromatic rings. The summed E-state index contributed by atoms with van der Waals surface area (Å²) in [6.07, 6.45) is 9.29. The topological polar surface area (TPSA) is 73.7 Å². The van der Waals surface area contributed by atoms with Crippen LogP contribution < -0.4 is 10.6 Å². The molecule has 1 aromatic carbocycles. The Morgan fingerprint density at radius 1 is 1.24 bits per heavy atom. The fourth-order valence-corrected chi connectivity index (χ4v) is 2.55. The SMILES string of the molecule is CC=Nc1cc(C(=O)NC(C)CO)ccc1NCCCCCCCC. The van der Waals surface area contributed by atoms with Crippen molar-refractivity contribution < 1.29 is 9.90 Å². The van der Waals surface area contributed by atoms with Gasteiger partial charge < -0.3 is 15.7 Å². The van der Waals surface area contributed by atoms with Crippen molar-refractivity contribution in [3.8, 4) is 0 Å². The van der Waals surface area contributed by atoms with E-state index < -0.39 is 0 Å². The van der Waals surface area contributed by atoms with E-state index >= 15 is 0 Å². The number of hydrogen-bond acceptors (Lipinski definition) is 4. The molecule has 0 saturated heterocycles. The van der Waals surface area contributed by atoms with Crippen LogP contribution in [-0.2, 0) is 0 Å². The highest BCUT2D eigenvalue weighted by Gasteiger charge is 2.11. The predicted octanol–water partition coefficient (Wildman–Crippen LogP) is 4.29. The highest BCUT2D eigenvalue weighted by Crippen LogP contribution is 2.26. The van der Waals surface area contributed by atoms with Crippen LogP contribution in [0.15, 0.2) is 23.2 Å². The maximum absolute atomic E-state index is 12.2. The molecule has 140 valence electrons. The van der Waals surface area contributed by atoms with E-state index in [9.17, 15) is 4.79 Å². The molecule has 1 unspecified atom stereocenters. The summed E-state index contributed by atoms with van der Waals surface area (Å²) in [5.74, 6) is -0.198. The van der Waals surface area contributed by atoms with E-state index in [1.807, 2.05) is 13.0 Å². The predicted molar refractivity (Wildman–Crippen MR) is 106 cm³/mol. The number of rotatable bonds is 12. The second-order valence-electron chi connectivity index (χ2n) is 6.37. The molecule has 0 bridgehead atoms. The van der Waals surface area contributed by atoms with E-state index in [1.165, 1.54) is 32.1 Å². The Morgan fingerprint density at radius 3 is 2.64 bits per heavy atom. The van der Waals surface area contributed by atoms with Crippen LogP contribution in [0.25, 0.3) is 0 Å². The van der Waals surface area contributed by atoms with Gasteiger partial charge in [-0.1, -0.05) is 39.0 Å². The van der Waals surface area contributed by atoms with E-state index in [0.717, 1.165) is 24.3 Å². The van der Waals surface area contributed by atoms with Crippen LogP contribution in [0.2, 0.25) is 0 Å². The van der Waals surface area contributed by atoms with Gasteiger partial charge in [-0.05, 0) is 38.5 Å². The molecule has 0 saturated carbocycles. The Hall–Kier alpha value is -1.88. The highest BCUT2D eigenvalue weighted by atomic mass is 16.3. The molecule has 0 aliphatic heterocycles. The summed E-state index contributed by atoms with van der Waals surface area (Å²) >= 11 is 0. The lowest BCUT2D eigenvalue weighted by molar-refractivity contribution is 0.0922. The molecule has 0 aliphatic carbocycles. The molecule has 1 amide bonds. The maximum atomic E-state index is 12.2. The summed E-state index contributed by atoms with van der Waals surface area (Å²) in [5.41, 5.74) is 2.25. The smallest absolute Gasteiger partial charge is 0.251 e. The fraction of sp³-hybridized carbons (Fsp3) is 0.600. The first-order valence-corrected chi connectivity index (χ1v) is 9.40. The summed E-state index contributed by atoms with van der Waals surface area (Å²) in [7, 11) is 0. The molecule has 0 heterocycles. The van der Waals surface area contributed by atoms with E-state index in [2.05, 4.69) is 22.5 Å². The average Bonchev–Trinajstić information content (AvgIpc) is 2.62. The minimum atomic E-state index is -0.267. The summed E-state index contributed by atoms with van der Waals surface area (Å²) in [6.45, 7) is 6.68. The van der Waals surface area contributed by atoms with Crippen molar-refractivity contribution in [1.29, 1.82) is 0 Å². The first-order chi connectivity index (χ1) is 12.1. The number of amides is 1. The number of aliphatic hydroxyl groups excluding tert-OH is 1. The van der Waals surface area contributed by atoms with Crippen LogP contribution in [0.3, 0.4) is 0 Å². The number of carbonyl (C=O) groups excluding carboxylic acids is 1. The number of unbranched alkanes of at least 4 members (excludes halogenated alkanes) is 5. The molecule has 0 aliphatic rings. The van der Waals surface area contributed by atoms with E-state index in [4.69, 9.17) is 5.11 Å². The molecule has 25 heavy (non-hydrogen) atoms. The normalized spacial score (nSPS) is 12.3. The van der Waals surface area contributed by atoms with E-state index in [1.54, 1.807) is 25.3 Å². The average molecular weight is 348 g/mol. The minimum Gasteiger partial charge on any atom is -0.394 e. The van der Waals surface area contributed by atoms with Gasteiger partial charge in [0.2, 0.25) is 0 Å². The molecule has 0 aromatic heterocycles. The minimum absolute atomic E-state index is 0.0798. The van der Waals surface area contributed by atoms with E-state index in [-0.39, 0.29) is 18.6 Å². The van der Waals surface area contributed by atoms with Crippen molar-refractivity contribution in [2.75, 3.05) is 18.5 Å². The molecule has 1 atom stereocenters.